The first-order chi connectivity index (χ1) is 16.4. The number of hydrogen-bond donors (Lipinski definition) is 2. The second kappa shape index (κ2) is 8.66. The number of aryl methyl sites for hydroxylation is 1. The second-order valence-corrected chi connectivity index (χ2v) is 8.48. The Kier molecular flexibility index (Phi) is 5.53. The minimum Gasteiger partial charge on any atom is -0.480 e. The van der Waals surface area contributed by atoms with Gasteiger partial charge in [-0.1, -0.05) is 48.5 Å². The van der Waals surface area contributed by atoms with Crippen LogP contribution < -0.4 is 5.32 Å². The molecule has 1 saturated heterocycles. The quantitative estimate of drug-likeness (QED) is 0.603. The summed E-state index contributed by atoms with van der Waals surface area (Å²) in [4.78, 5) is 38.2. The van der Waals surface area contributed by atoms with E-state index < -0.39 is 24.0 Å². The summed E-state index contributed by atoms with van der Waals surface area (Å²) in [5.74, 6) is -1.36. The van der Waals surface area contributed by atoms with Crippen LogP contribution in [0.5, 0.6) is 0 Å². The number of nitrogens with one attached hydrogen (secondary N) is 1. The van der Waals surface area contributed by atoms with Crippen LogP contribution in [0.2, 0.25) is 0 Å². The van der Waals surface area contributed by atoms with Crippen molar-refractivity contribution in [3.05, 3.63) is 71.4 Å². The molecule has 0 saturated carbocycles. The number of anilines is 1. The Morgan fingerprint density at radius 3 is 2.38 bits per heavy atom. The first kappa shape index (κ1) is 21.7. The molecule has 2 aromatic carbocycles. The van der Waals surface area contributed by atoms with Gasteiger partial charge in [0.15, 0.2) is 5.82 Å². The van der Waals surface area contributed by atoms with Gasteiger partial charge in [0.25, 0.3) is 5.91 Å². The fourth-order valence-electron chi connectivity index (χ4n) is 4.88. The number of carbonyl (C=O) groups excluding carboxylic acids is 2. The van der Waals surface area contributed by atoms with E-state index in [0.717, 1.165) is 22.3 Å². The van der Waals surface area contributed by atoms with Gasteiger partial charge in [-0.25, -0.2) is 9.59 Å². The second-order valence-electron chi connectivity index (χ2n) is 8.48. The van der Waals surface area contributed by atoms with E-state index in [1.165, 1.54) is 15.6 Å². The number of hydrogen-bond acceptors (Lipinski definition) is 5. The van der Waals surface area contributed by atoms with Crippen molar-refractivity contribution in [2.45, 2.75) is 24.8 Å². The molecule has 1 atom stereocenters. The number of fused-ring (bicyclic) bond motifs is 3. The third-order valence-corrected chi connectivity index (χ3v) is 6.47. The number of likely N-dealkylation sites (tertiary alicyclic amines) is 1. The maximum Gasteiger partial charge on any atom is 0.412 e. The molecule has 3 aromatic rings. The maximum absolute atomic E-state index is 12.9. The number of aromatic nitrogens is 2. The summed E-state index contributed by atoms with van der Waals surface area (Å²) in [6.07, 6.45) is 0.374. The van der Waals surface area contributed by atoms with Crippen LogP contribution in [0.4, 0.5) is 10.6 Å². The van der Waals surface area contributed by atoms with Crippen molar-refractivity contribution in [1.29, 1.82) is 0 Å². The average molecular weight is 460 g/mol. The monoisotopic (exact) mass is 460 g/mol. The van der Waals surface area contributed by atoms with Gasteiger partial charge in [0.05, 0.1) is 0 Å². The lowest BCUT2D eigenvalue weighted by molar-refractivity contribution is -0.141. The molecule has 174 valence electrons. The first-order valence-electron chi connectivity index (χ1n) is 11.1. The molecule has 1 aromatic heterocycles. The van der Waals surface area contributed by atoms with E-state index in [1.807, 2.05) is 36.4 Å². The minimum atomic E-state index is -1.02. The van der Waals surface area contributed by atoms with Crippen LogP contribution in [0.15, 0.2) is 54.6 Å². The zero-order chi connectivity index (χ0) is 23.8. The lowest BCUT2D eigenvalue weighted by atomic mass is 9.98. The highest BCUT2D eigenvalue weighted by molar-refractivity contribution is 5.97. The summed E-state index contributed by atoms with van der Waals surface area (Å²) in [7, 11) is 1.57. The van der Waals surface area contributed by atoms with E-state index in [4.69, 9.17) is 4.74 Å². The predicted molar refractivity (Wildman–Crippen MR) is 124 cm³/mol. The van der Waals surface area contributed by atoms with Crippen LogP contribution >= 0.6 is 0 Å². The van der Waals surface area contributed by atoms with Crippen molar-refractivity contribution in [3.8, 4) is 11.1 Å². The molecule has 2 aliphatic rings. The van der Waals surface area contributed by atoms with Crippen LogP contribution in [-0.4, -0.2) is 57.0 Å². The van der Waals surface area contributed by atoms with Crippen molar-refractivity contribution in [1.82, 2.24) is 14.7 Å². The van der Waals surface area contributed by atoms with Gasteiger partial charge < -0.3 is 14.7 Å². The number of nitrogens with zero attached hydrogens (tertiary/aromatic N) is 3. The highest BCUT2D eigenvalue weighted by atomic mass is 16.5. The summed E-state index contributed by atoms with van der Waals surface area (Å²) >= 11 is 0. The average Bonchev–Trinajstić information content (AvgIpc) is 3.53. The predicted octanol–water partition coefficient (Wildman–Crippen LogP) is 3.47. The molecule has 1 fully saturated rings. The van der Waals surface area contributed by atoms with Crippen molar-refractivity contribution in [2.75, 3.05) is 18.5 Å². The number of benzene rings is 2. The minimum absolute atomic E-state index is 0.0675. The van der Waals surface area contributed by atoms with Gasteiger partial charge in [0.1, 0.15) is 18.3 Å². The maximum atomic E-state index is 12.9. The van der Waals surface area contributed by atoms with E-state index >= 15 is 0 Å². The van der Waals surface area contributed by atoms with E-state index in [2.05, 4.69) is 22.5 Å². The van der Waals surface area contributed by atoms with E-state index in [-0.39, 0.29) is 24.0 Å². The number of carboxylic acids is 1. The lowest BCUT2D eigenvalue weighted by Gasteiger charge is -2.21. The highest BCUT2D eigenvalue weighted by Crippen LogP contribution is 2.44. The Hall–Kier alpha value is -4.14. The zero-order valence-electron chi connectivity index (χ0n) is 18.6. The fraction of sp³-hybridized carbons (Fsp3) is 0.280. The van der Waals surface area contributed by atoms with Crippen molar-refractivity contribution in [2.24, 2.45) is 7.05 Å². The van der Waals surface area contributed by atoms with Gasteiger partial charge in [-0.2, -0.15) is 5.10 Å². The third-order valence-electron chi connectivity index (χ3n) is 6.47. The summed E-state index contributed by atoms with van der Waals surface area (Å²) in [5, 5.41) is 16.1. The lowest BCUT2D eigenvalue weighted by Crippen LogP contribution is -2.41. The summed E-state index contributed by atoms with van der Waals surface area (Å²) in [5.41, 5.74) is 4.70. The summed E-state index contributed by atoms with van der Waals surface area (Å²) in [6, 6.07) is 16.7. The molecular formula is C25H24N4O5. The topological polar surface area (TPSA) is 114 Å². The first-order valence-corrected chi connectivity index (χ1v) is 11.1. The molecular weight excluding hydrogens is 436 g/mol. The molecule has 2 N–H and O–H groups in total. The number of carboxylic acid groups (broad SMARTS) is 1. The van der Waals surface area contributed by atoms with Crippen LogP contribution in [0.1, 0.15) is 40.4 Å². The molecule has 9 nitrogen and oxygen atoms in total. The Balaban J connectivity index is 1.26. The third kappa shape index (κ3) is 3.79. The van der Waals surface area contributed by atoms with E-state index in [9.17, 15) is 19.5 Å². The molecule has 0 radical (unpaired) electrons. The van der Waals surface area contributed by atoms with Crippen LogP contribution in [0, 0.1) is 0 Å². The van der Waals surface area contributed by atoms with Gasteiger partial charge in [0.2, 0.25) is 0 Å². The number of rotatable bonds is 5. The molecule has 9 heteroatoms. The number of carbonyl (C=O) groups is 3. The zero-order valence-corrected chi connectivity index (χ0v) is 18.6. The van der Waals surface area contributed by atoms with Crippen LogP contribution in [0.25, 0.3) is 11.1 Å². The number of amides is 2. The fourth-order valence-corrected chi connectivity index (χ4v) is 4.88. The molecule has 5 rings (SSSR count). The molecule has 1 aliphatic carbocycles. The van der Waals surface area contributed by atoms with Crippen molar-refractivity contribution < 1.29 is 24.2 Å². The standard InChI is InChI=1S/C25H24N4O5/c1-28-21(23(30)29-12-6-11-20(29)24(31)32)13-22(27-28)26-25(33)34-14-19-17-9-4-2-7-15(17)16-8-3-5-10-18(16)19/h2-5,7-10,13,19-20H,6,11-12,14H2,1H3,(H,31,32)(H,26,27,33)/t20-/m1/s1. The van der Waals surface area contributed by atoms with Gasteiger partial charge >= 0.3 is 12.1 Å². The molecule has 1 aliphatic heterocycles. The Morgan fingerprint density at radius 1 is 1.09 bits per heavy atom. The Morgan fingerprint density at radius 2 is 1.74 bits per heavy atom. The smallest absolute Gasteiger partial charge is 0.412 e. The summed E-state index contributed by atoms with van der Waals surface area (Å²) in [6.45, 7) is 0.530. The van der Waals surface area contributed by atoms with Gasteiger partial charge in [-0.05, 0) is 35.1 Å². The number of aliphatic carboxylic acids is 1. The molecule has 34 heavy (non-hydrogen) atoms. The van der Waals surface area contributed by atoms with Crippen molar-refractivity contribution in [3.63, 3.8) is 0 Å². The van der Waals surface area contributed by atoms with E-state index in [1.54, 1.807) is 7.05 Å². The Labute approximate surface area is 195 Å². The van der Waals surface area contributed by atoms with Crippen molar-refractivity contribution >= 4 is 23.8 Å². The highest BCUT2D eigenvalue weighted by Gasteiger charge is 2.36. The summed E-state index contributed by atoms with van der Waals surface area (Å²) < 4.78 is 6.86. The van der Waals surface area contributed by atoms with E-state index in [0.29, 0.717) is 19.4 Å². The Bertz CT molecular complexity index is 1240. The number of ether oxygens (including phenoxy) is 1. The van der Waals surface area contributed by atoms with Crippen LogP contribution in [0.3, 0.4) is 0 Å². The molecule has 0 unspecified atom stereocenters. The van der Waals surface area contributed by atoms with Gasteiger partial charge in [0, 0.05) is 25.6 Å². The molecule has 2 heterocycles. The van der Waals surface area contributed by atoms with Gasteiger partial charge in [-0.3, -0.25) is 14.8 Å². The SMILES string of the molecule is Cn1nc(NC(=O)OCC2c3ccccc3-c3ccccc32)cc1C(=O)N1CCC[C@@H]1C(=O)O. The normalized spacial score (nSPS) is 16.7. The van der Waals surface area contributed by atoms with Crippen LogP contribution in [-0.2, 0) is 16.6 Å². The largest absolute Gasteiger partial charge is 0.480 e. The molecule has 0 spiro atoms. The molecule has 2 amide bonds. The van der Waals surface area contributed by atoms with Gasteiger partial charge in [-0.15, -0.1) is 0 Å². The molecule has 0 bridgehead atoms.